The van der Waals surface area contributed by atoms with E-state index in [1.807, 2.05) is 21.0 Å². The Morgan fingerprint density at radius 1 is 1.25 bits per heavy atom. The van der Waals surface area contributed by atoms with Gasteiger partial charge in [-0.15, -0.1) is 0 Å². The molecule has 1 N–H and O–H groups in total. The van der Waals surface area contributed by atoms with Crippen molar-refractivity contribution in [3.05, 3.63) is 0 Å². The first kappa shape index (κ1) is 14.7. The minimum absolute atomic E-state index is 0.113. The van der Waals surface area contributed by atoms with Gasteiger partial charge in [0.1, 0.15) is 0 Å². The molecule has 0 fully saturated rings. The summed E-state index contributed by atoms with van der Waals surface area (Å²) >= 11 is 0. The third-order valence-electron chi connectivity index (χ3n) is 0.992. The van der Waals surface area contributed by atoms with E-state index < -0.39 is 9.05 Å². The van der Waals surface area contributed by atoms with Gasteiger partial charge in [-0.1, -0.05) is 19.8 Å². The summed E-state index contributed by atoms with van der Waals surface area (Å²) in [7, 11) is 5.47. The van der Waals surface area contributed by atoms with E-state index in [4.69, 9.17) is 10.7 Å². The highest BCUT2D eigenvalue weighted by Crippen LogP contribution is 2.02. The molecule has 0 aliphatic heterocycles. The SMILES string of the molecule is CCCCCS(=O)(=O)Cl.CNC. The normalized spacial score (nSPS) is 10.3. The lowest BCUT2D eigenvalue weighted by Crippen LogP contribution is -1.95. The number of nitrogens with one attached hydrogen (secondary N) is 1. The van der Waals surface area contributed by atoms with E-state index in [1.54, 1.807) is 0 Å². The summed E-state index contributed by atoms with van der Waals surface area (Å²) in [5.41, 5.74) is 0. The lowest BCUT2D eigenvalue weighted by molar-refractivity contribution is 0.604. The number of hydrogen-bond donors (Lipinski definition) is 1. The second-order valence-electron chi connectivity index (χ2n) is 2.45. The molecule has 0 atom stereocenters. The van der Waals surface area contributed by atoms with Gasteiger partial charge in [0.25, 0.3) is 0 Å². The van der Waals surface area contributed by atoms with Crippen molar-refractivity contribution >= 4 is 19.7 Å². The van der Waals surface area contributed by atoms with E-state index in [1.165, 1.54) is 0 Å². The van der Waals surface area contributed by atoms with E-state index in [9.17, 15) is 8.42 Å². The Labute approximate surface area is 79.9 Å². The molecular weight excluding hydrogens is 198 g/mol. The van der Waals surface area contributed by atoms with Crippen LogP contribution in [0.3, 0.4) is 0 Å². The van der Waals surface area contributed by atoms with Crippen LogP contribution in [0, 0.1) is 0 Å². The Hall–Kier alpha value is 0.200. The van der Waals surface area contributed by atoms with E-state index in [-0.39, 0.29) is 5.75 Å². The maximum atomic E-state index is 10.3. The first-order valence-electron chi connectivity index (χ1n) is 3.98. The lowest BCUT2D eigenvalue weighted by Gasteiger charge is -1.92. The van der Waals surface area contributed by atoms with Crippen molar-refractivity contribution in [3.63, 3.8) is 0 Å². The van der Waals surface area contributed by atoms with E-state index in [2.05, 4.69) is 5.32 Å². The van der Waals surface area contributed by atoms with Crippen LogP contribution in [0.15, 0.2) is 0 Å². The zero-order chi connectivity index (χ0) is 10.0. The molecule has 0 rings (SSSR count). The van der Waals surface area contributed by atoms with Crippen LogP contribution < -0.4 is 5.32 Å². The first-order valence-corrected chi connectivity index (χ1v) is 6.46. The molecule has 3 nitrogen and oxygen atoms in total. The smallest absolute Gasteiger partial charge is 0.232 e. The molecule has 76 valence electrons. The highest BCUT2D eigenvalue weighted by molar-refractivity contribution is 8.13. The molecule has 0 heterocycles. The van der Waals surface area contributed by atoms with Crippen molar-refractivity contribution < 1.29 is 8.42 Å². The zero-order valence-electron chi connectivity index (χ0n) is 7.93. The minimum atomic E-state index is -3.22. The van der Waals surface area contributed by atoms with Crippen LogP contribution in [0.1, 0.15) is 26.2 Å². The molecule has 0 saturated carbocycles. The second kappa shape index (κ2) is 9.29. The molecule has 0 aliphatic rings. The van der Waals surface area contributed by atoms with Gasteiger partial charge in [0.2, 0.25) is 9.05 Å². The number of rotatable bonds is 4. The molecule has 0 saturated heterocycles. The summed E-state index contributed by atoms with van der Waals surface area (Å²) in [5, 5.41) is 2.75. The predicted octanol–water partition coefficient (Wildman–Crippen LogP) is 1.58. The van der Waals surface area contributed by atoms with Crippen LogP contribution in [-0.4, -0.2) is 28.3 Å². The molecule has 0 unspecified atom stereocenters. The fraction of sp³-hybridized carbons (Fsp3) is 1.00. The van der Waals surface area contributed by atoms with Crippen molar-refractivity contribution in [1.82, 2.24) is 5.32 Å². The van der Waals surface area contributed by atoms with Gasteiger partial charge in [0.05, 0.1) is 5.75 Å². The van der Waals surface area contributed by atoms with Gasteiger partial charge >= 0.3 is 0 Å². The summed E-state index contributed by atoms with van der Waals surface area (Å²) in [4.78, 5) is 0. The maximum absolute atomic E-state index is 10.3. The van der Waals surface area contributed by atoms with E-state index in [0.29, 0.717) is 6.42 Å². The summed E-state index contributed by atoms with van der Waals surface area (Å²) < 4.78 is 20.5. The zero-order valence-corrected chi connectivity index (χ0v) is 9.50. The number of hydrogen-bond acceptors (Lipinski definition) is 3. The average Bonchev–Trinajstić information content (AvgIpc) is 1.87. The van der Waals surface area contributed by atoms with Crippen molar-refractivity contribution in [2.45, 2.75) is 26.2 Å². The van der Waals surface area contributed by atoms with Crippen molar-refractivity contribution in [1.29, 1.82) is 0 Å². The minimum Gasteiger partial charge on any atom is -0.323 e. The van der Waals surface area contributed by atoms with Gasteiger partial charge in [0, 0.05) is 10.7 Å². The largest absolute Gasteiger partial charge is 0.323 e. The Morgan fingerprint density at radius 3 is 1.92 bits per heavy atom. The molecule has 0 aromatic rings. The molecule has 0 aliphatic carbocycles. The summed E-state index contributed by atoms with van der Waals surface area (Å²) in [5.74, 6) is 0.113. The van der Waals surface area contributed by atoms with Gasteiger partial charge in [-0.2, -0.15) is 0 Å². The van der Waals surface area contributed by atoms with Crippen LogP contribution in [0.5, 0.6) is 0 Å². The average molecular weight is 216 g/mol. The summed E-state index contributed by atoms with van der Waals surface area (Å²) in [6, 6.07) is 0. The Balaban J connectivity index is 0. The van der Waals surface area contributed by atoms with E-state index in [0.717, 1.165) is 12.8 Å². The van der Waals surface area contributed by atoms with Gasteiger partial charge in [-0.25, -0.2) is 8.42 Å². The second-order valence-corrected chi connectivity index (χ2v) is 5.35. The van der Waals surface area contributed by atoms with Crippen molar-refractivity contribution in [3.8, 4) is 0 Å². The molecule has 12 heavy (non-hydrogen) atoms. The quantitative estimate of drug-likeness (QED) is 0.572. The van der Waals surface area contributed by atoms with Crippen molar-refractivity contribution in [2.24, 2.45) is 0 Å². The monoisotopic (exact) mass is 215 g/mol. The number of halogens is 1. The summed E-state index contributed by atoms with van der Waals surface area (Å²) in [6.45, 7) is 2.01. The molecular formula is C7H18ClNO2S. The highest BCUT2D eigenvalue weighted by Gasteiger charge is 2.02. The Kier molecular flexibility index (Phi) is 11.4. The first-order chi connectivity index (χ1) is 5.47. The fourth-order valence-electron chi connectivity index (χ4n) is 0.524. The van der Waals surface area contributed by atoms with Crippen LogP contribution >= 0.6 is 10.7 Å². The fourth-order valence-corrected chi connectivity index (χ4v) is 1.40. The summed E-state index contributed by atoms with van der Waals surface area (Å²) in [6.07, 6.45) is 2.64. The van der Waals surface area contributed by atoms with Crippen LogP contribution in [0.2, 0.25) is 0 Å². The van der Waals surface area contributed by atoms with Crippen molar-refractivity contribution in [2.75, 3.05) is 19.8 Å². The van der Waals surface area contributed by atoms with Crippen LogP contribution in [-0.2, 0) is 9.05 Å². The van der Waals surface area contributed by atoms with Crippen LogP contribution in [0.25, 0.3) is 0 Å². The molecule has 0 aromatic heterocycles. The van der Waals surface area contributed by atoms with E-state index >= 15 is 0 Å². The Morgan fingerprint density at radius 2 is 1.67 bits per heavy atom. The topological polar surface area (TPSA) is 46.2 Å². The van der Waals surface area contributed by atoms with Gasteiger partial charge in [0.15, 0.2) is 0 Å². The van der Waals surface area contributed by atoms with Gasteiger partial charge in [-0.05, 0) is 20.5 Å². The molecule has 0 bridgehead atoms. The molecule has 0 radical (unpaired) electrons. The third kappa shape index (κ3) is 22.5. The highest BCUT2D eigenvalue weighted by atomic mass is 35.7. The Bertz CT molecular complexity index is 168. The van der Waals surface area contributed by atoms with Gasteiger partial charge in [-0.3, -0.25) is 0 Å². The molecule has 0 amide bonds. The number of unbranched alkanes of at least 4 members (excludes halogenated alkanes) is 2. The molecule has 0 aromatic carbocycles. The lowest BCUT2D eigenvalue weighted by atomic mass is 10.3. The van der Waals surface area contributed by atoms with Gasteiger partial charge < -0.3 is 5.32 Å². The maximum Gasteiger partial charge on any atom is 0.232 e. The standard InChI is InChI=1S/C5H11ClO2S.C2H7N/c1-2-3-4-5-9(6,7)8;1-3-2/h2-5H2,1H3;3H,1-2H3. The predicted molar refractivity (Wildman–Crippen MR) is 54.1 cm³/mol. The third-order valence-corrected chi connectivity index (χ3v) is 2.23. The molecule has 0 spiro atoms. The molecule has 5 heteroatoms. The van der Waals surface area contributed by atoms with Crippen LogP contribution in [0.4, 0.5) is 0 Å².